The number of rotatable bonds is 5. The number of carbonyl (C=O) groups is 2. The number of para-hydroxylation sites is 1. The fourth-order valence-corrected chi connectivity index (χ4v) is 3.23. The number of carboxylic acid groups (broad SMARTS) is 1. The van der Waals surface area contributed by atoms with Gasteiger partial charge in [0.1, 0.15) is 11.3 Å². The van der Waals surface area contributed by atoms with Gasteiger partial charge in [0.25, 0.3) is 5.91 Å². The third-order valence-corrected chi connectivity index (χ3v) is 4.52. The maximum absolute atomic E-state index is 11.8. The lowest BCUT2D eigenvalue weighted by molar-refractivity contribution is -0.135. The Morgan fingerprint density at radius 3 is 2.29 bits per heavy atom. The van der Waals surface area contributed by atoms with Crippen LogP contribution >= 0.6 is 24.0 Å². The van der Waals surface area contributed by atoms with Crippen molar-refractivity contribution < 1.29 is 14.7 Å². The van der Waals surface area contributed by atoms with E-state index in [4.69, 9.17) is 10.8 Å². The second-order valence-corrected chi connectivity index (χ2v) is 6.69. The minimum Gasteiger partial charge on any atom is -0.480 e. The Morgan fingerprint density at radius 2 is 1.71 bits per heavy atom. The molecule has 2 aromatic carbocycles. The summed E-state index contributed by atoms with van der Waals surface area (Å²) in [6.07, 6.45) is 0. The number of aromatic nitrogens is 3. The van der Waals surface area contributed by atoms with E-state index in [2.05, 4.69) is 32.0 Å². The largest absolute Gasteiger partial charge is 0.480 e. The molecule has 0 bridgehead atoms. The van der Waals surface area contributed by atoms with E-state index in [9.17, 15) is 9.59 Å². The van der Waals surface area contributed by atoms with Gasteiger partial charge in [-0.05, 0) is 25.6 Å². The average molecular weight is 533 g/mol. The summed E-state index contributed by atoms with van der Waals surface area (Å²) in [6.45, 7) is 2.65. The summed E-state index contributed by atoms with van der Waals surface area (Å²) in [5.41, 5.74) is 9.13. The summed E-state index contributed by atoms with van der Waals surface area (Å²) < 4.78 is 2.11. The molecule has 0 fully saturated rings. The second kappa shape index (κ2) is 10.8. The maximum Gasteiger partial charge on any atom is 0.317 e. The molecule has 0 radical (unpaired) electrons. The summed E-state index contributed by atoms with van der Waals surface area (Å²) >= 11 is 0. The molecule has 2 heterocycles. The Balaban J connectivity index is 0.000000433. The number of aryl methyl sites for hydroxylation is 1. The number of fused-ring (bicyclic) bond motifs is 3. The van der Waals surface area contributed by atoms with Gasteiger partial charge in [0.15, 0.2) is 5.69 Å². The average Bonchev–Trinajstić information content (AvgIpc) is 3.04. The molecule has 162 valence electrons. The van der Waals surface area contributed by atoms with Crippen LogP contribution in [-0.2, 0) is 11.3 Å². The lowest BCUT2D eigenvalue weighted by Crippen LogP contribution is -2.16. The van der Waals surface area contributed by atoms with E-state index in [0.29, 0.717) is 12.1 Å². The molecule has 1 amide bonds. The number of hydrogen-bond acceptors (Lipinski definition) is 5. The number of carboxylic acids is 1. The molecule has 8 nitrogen and oxygen atoms in total. The summed E-state index contributed by atoms with van der Waals surface area (Å²) in [7, 11) is 1.59. The highest BCUT2D eigenvalue weighted by atomic mass is 127. The molecule has 0 saturated heterocycles. The topological polar surface area (TPSA) is 123 Å². The zero-order valence-electron chi connectivity index (χ0n) is 17.2. The lowest BCUT2D eigenvalue weighted by Gasteiger charge is -2.09. The molecule has 0 saturated carbocycles. The number of halogens is 1. The van der Waals surface area contributed by atoms with Crippen molar-refractivity contribution >= 4 is 57.8 Å². The second-order valence-electron chi connectivity index (χ2n) is 6.69. The van der Waals surface area contributed by atoms with Crippen LogP contribution in [0.25, 0.3) is 21.9 Å². The van der Waals surface area contributed by atoms with Crippen LogP contribution in [0.15, 0.2) is 54.6 Å². The minimum absolute atomic E-state index is 0. The number of nitrogens with two attached hydrogens (primary N) is 1. The molecular formula is C22H24IN5O3. The van der Waals surface area contributed by atoms with Crippen LogP contribution in [0.5, 0.6) is 0 Å². The summed E-state index contributed by atoms with van der Waals surface area (Å²) in [5.74, 6) is -0.554. The number of nitrogens with zero attached hydrogens (tertiary/aromatic N) is 3. The highest BCUT2D eigenvalue weighted by molar-refractivity contribution is 14.0. The molecule has 4 rings (SSSR count). The zero-order valence-corrected chi connectivity index (χ0v) is 19.5. The van der Waals surface area contributed by atoms with Crippen LogP contribution < -0.4 is 11.1 Å². The molecular weight excluding hydrogens is 509 g/mol. The summed E-state index contributed by atoms with van der Waals surface area (Å²) in [5, 5.41) is 11.3. The Hall–Kier alpha value is -3.05. The van der Waals surface area contributed by atoms with Crippen molar-refractivity contribution in [2.45, 2.75) is 13.5 Å². The highest BCUT2D eigenvalue weighted by Gasteiger charge is 2.19. The van der Waals surface area contributed by atoms with Gasteiger partial charge in [-0.3, -0.25) is 9.59 Å². The first-order valence-corrected chi connectivity index (χ1v) is 9.38. The van der Waals surface area contributed by atoms with Gasteiger partial charge in [-0.15, -0.1) is 24.0 Å². The SMILES string of the molecule is CNCC(=O)O.Cc1nc2c(C(N)=O)nc3ccccc3c2n1Cc1ccccc1.I. The lowest BCUT2D eigenvalue weighted by atomic mass is 10.1. The van der Waals surface area contributed by atoms with Gasteiger partial charge < -0.3 is 20.7 Å². The minimum atomic E-state index is -0.822. The molecule has 0 aliphatic carbocycles. The van der Waals surface area contributed by atoms with Crippen molar-refractivity contribution in [3.8, 4) is 0 Å². The number of benzene rings is 2. The number of imidazole rings is 1. The number of carbonyl (C=O) groups excluding carboxylic acids is 1. The molecule has 31 heavy (non-hydrogen) atoms. The quantitative estimate of drug-likeness (QED) is 0.339. The molecule has 0 aliphatic heterocycles. The molecule has 9 heteroatoms. The van der Waals surface area contributed by atoms with Crippen LogP contribution in [0.2, 0.25) is 0 Å². The van der Waals surface area contributed by atoms with Crippen LogP contribution in [-0.4, -0.2) is 45.1 Å². The normalized spacial score (nSPS) is 10.3. The van der Waals surface area contributed by atoms with E-state index in [1.165, 1.54) is 5.56 Å². The molecule has 0 unspecified atom stereocenters. The van der Waals surface area contributed by atoms with Crippen molar-refractivity contribution in [1.29, 1.82) is 0 Å². The number of primary amides is 1. The fraction of sp³-hybridized carbons (Fsp3) is 0.182. The summed E-state index contributed by atoms with van der Waals surface area (Å²) in [6, 6.07) is 17.9. The van der Waals surface area contributed by atoms with E-state index >= 15 is 0 Å². The standard InChI is InChI=1S/C19H16N4O.C3H7NO2.HI/c1-12-21-16-17(19(20)24)22-15-10-6-5-9-14(15)18(16)23(12)11-13-7-3-2-4-8-13;1-4-2-3(5)6;/h2-10H,11H2,1H3,(H2,20,24);4H,2H2,1H3,(H,5,6);1H. The molecule has 2 aromatic heterocycles. The zero-order chi connectivity index (χ0) is 21.7. The first-order chi connectivity index (χ1) is 14.4. The van der Waals surface area contributed by atoms with Gasteiger partial charge in [-0.2, -0.15) is 0 Å². The van der Waals surface area contributed by atoms with E-state index in [1.54, 1.807) is 7.05 Å². The Bertz CT molecular complexity index is 1210. The maximum atomic E-state index is 11.8. The van der Waals surface area contributed by atoms with Crippen LogP contribution in [0, 0.1) is 6.92 Å². The van der Waals surface area contributed by atoms with Crippen molar-refractivity contribution in [2.75, 3.05) is 13.6 Å². The molecule has 0 spiro atoms. The third-order valence-electron chi connectivity index (χ3n) is 4.52. The predicted octanol–water partition coefficient (Wildman–Crippen LogP) is 2.95. The number of hydrogen-bond donors (Lipinski definition) is 3. The smallest absolute Gasteiger partial charge is 0.317 e. The van der Waals surface area contributed by atoms with Crippen LogP contribution in [0.1, 0.15) is 21.9 Å². The van der Waals surface area contributed by atoms with E-state index in [0.717, 1.165) is 22.2 Å². The number of nitrogens with one attached hydrogen (secondary N) is 1. The van der Waals surface area contributed by atoms with Crippen molar-refractivity contribution in [1.82, 2.24) is 19.9 Å². The van der Waals surface area contributed by atoms with Crippen molar-refractivity contribution in [3.63, 3.8) is 0 Å². The Kier molecular flexibility index (Phi) is 8.46. The highest BCUT2D eigenvalue weighted by Crippen LogP contribution is 2.28. The van der Waals surface area contributed by atoms with E-state index in [1.807, 2.05) is 49.4 Å². The van der Waals surface area contributed by atoms with E-state index in [-0.39, 0.29) is 36.2 Å². The van der Waals surface area contributed by atoms with Gasteiger partial charge in [0, 0.05) is 11.9 Å². The fourth-order valence-electron chi connectivity index (χ4n) is 3.23. The van der Waals surface area contributed by atoms with Gasteiger partial charge in [0.05, 0.1) is 17.6 Å². The predicted molar refractivity (Wildman–Crippen MR) is 131 cm³/mol. The molecule has 4 aromatic rings. The Morgan fingerprint density at radius 1 is 1.06 bits per heavy atom. The van der Waals surface area contributed by atoms with Gasteiger partial charge in [-0.25, -0.2) is 9.97 Å². The van der Waals surface area contributed by atoms with E-state index < -0.39 is 11.9 Å². The van der Waals surface area contributed by atoms with Gasteiger partial charge in [0.2, 0.25) is 0 Å². The summed E-state index contributed by atoms with van der Waals surface area (Å²) in [4.78, 5) is 30.4. The molecule has 0 aliphatic rings. The number of pyridine rings is 1. The third kappa shape index (κ3) is 5.56. The molecule has 0 atom stereocenters. The van der Waals surface area contributed by atoms with Crippen molar-refractivity contribution in [2.24, 2.45) is 5.73 Å². The molecule has 4 N–H and O–H groups in total. The Labute approximate surface area is 196 Å². The first kappa shape index (κ1) is 24.2. The monoisotopic (exact) mass is 533 g/mol. The van der Waals surface area contributed by atoms with Gasteiger partial charge >= 0.3 is 5.97 Å². The van der Waals surface area contributed by atoms with Crippen molar-refractivity contribution in [3.05, 3.63) is 71.7 Å². The number of aliphatic carboxylic acids is 1. The van der Waals surface area contributed by atoms with Crippen LogP contribution in [0.3, 0.4) is 0 Å². The van der Waals surface area contributed by atoms with Gasteiger partial charge in [-0.1, -0.05) is 48.5 Å². The van der Waals surface area contributed by atoms with Crippen LogP contribution in [0.4, 0.5) is 0 Å². The number of amides is 1. The first-order valence-electron chi connectivity index (χ1n) is 9.38. The number of likely N-dealkylation sites (N-methyl/N-ethyl adjacent to an activating group) is 1.